The quantitative estimate of drug-likeness (QED) is 0.621. The predicted octanol–water partition coefficient (Wildman–Crippen LogP) is 4.37. The summed E-state index contributed by atoms with van der Waals surface area (Å²) in [6.45, 7) is 9.60. The topological polar surface area (TPSA) is 61.4 Å². The van der Waals surface area contributed by atoms with E-state index in [4.69, 9.17) is 0 Å². The van der Waals surface area contributed by atoms with Crippen molar-refractivity contribution >= 4 is 23.1 Å². The number of nitrogens with zero attached hydrogens (tertiary/aromatic N) is 4. The highest BCUT2D eigenvalue weighted by Gasteiger charge is 2.33. The molecule has 0 radical (unpaired) electrons. The number of nitrogens with one attached hydrogen (secondary N) is 1. The molecule has 1 fully saturated rings. The Labute approximate surface area is 183 Å². The van der Waals surface area contributed by atoms with Crippen molar-refractivity contribution in [3.8, 4) is 11.3 Å². The Bertz CT molecular complexity index is 1040. The molecular formula is C25H29N5O. The number of aryl methyl sites for hydroxylation is 1. The molecule has 0 unspecified atom stereocenters. The third-order valence-electron chi connectivity index (χ3n) is 5.89. The van der Waals surface area contributed by atoms with E-state index in [-0.39, 0.29) is 11.8 Å². The first-order valence-corrected chi connectivity index (χ1v) is 10.9. The van der Waals surface area contributed by atoms with Gasteiger partial charge in [0.15, 0.2) is 0 Å². The van der Waals surface area contributed by atoms with Crippen LogP contribution in [0, 0.1) is 12.8 Å². The van der Waals surface area contributed by atoms with E-state index in [2.05, 4.69) is 51.1 Å². The Morgan fingerprint density at radius 1 is 1.06 bits per heavy atom. The van der Waals surface area contributed by atoms with Crippen LogP contribution < -0.4 is 15.1 Å². The second-order valence-electron chi connectivity index (χ2n) is 7.89. The fourth-order valence-corrected chi connectivity index (χ4v) is 3.93. The van der Waals surface area contributed by atoms with Crippen LogP contribution in [0.1, 0.15) is 19.4 Å². The summed E-state index contributed by atoms with van der Waals surface area (Å²) < 4.78 is 0. The summed E-state index contributed by atoms with van der Waals surface area (Å²) >= 11 is 0. The number of carbonyl (C=O) groups is 1. The summed E-state index contributed by atoms with van der Waals surface area (Å²) in [5.41, 5.74) is 5.10. The van der Waals surface area contributed by atoms with Crippen molar-refractivity contribution in [2.24, 2.45) is 5.92 Å². The molecule has 1 saturated heterocycles. The van der Waals surface area contributed by atoms with Gasteiger partial charge in [-0.2, -0.15) is 0 Å². The van der Waals surface area contributed by atoms with Crippen LogP contribution in [0.3, 0.4) is 0 Å². The maximum atomic E-state index is 12.8. The summed E-state index contributed by atoms with van der Waals surface area (Å²) in [5.74, 6) is 0.877. The Morgan fingerprint density at radius 2 is 1.81 bits per heavy atom. The summed E-state index contributed by atoms with van der Waals surface area (Å²) in [6.07, 6.45) is 1.59. The smallest absolute Gasteiger partial charge is 0.231 e. The van der Waals surface area contributed by atoms with E-state index in [9.17, 15) is 4.79 Å². The monoisotopic (exact) mass is 415 g/mol. The molecular weight excluding hydrogens is 386 g/mol. The highest BCUT2D eigenvalue weighted by atomic mass is 16.2. The molecule has 2 heterocycles. The standard InChI is InChI=1S/C25H29N5O/c1-4-29(5-2)21-11-12-22(18(3)13-21)28-25(31)20-15-30(16-20)24-14-23(26-17-27-24)19-9-7-6-8-10-19/h6-14,17,20H,4-5,15-16H2,1-3H3,(H,28,31). The maximum absolute atomic E-state index is 12.8. The van der Waals surface area contributed by atoms with Crippen LogP contribution in [0.15, 0.2) is 60.9 Å². The van der Waals surface area contributed by atoms with Crippen molar-refractivity contribution in [2.75, 3.05) is 41.3 Å². The molecule has 2 aromatic carbocycles. The lowest BCUT2D eigenvalue weighted by atomic mass is 9.98. The third-order valence-corrected chi connectivity index (χ3v) is 5.89. The lowest BCUT2D eigenvalue weighted by molar-refractivity contribution is -0.120. The zero-order chi connectivity index (χ0) is 21.8. The average Bonchev–Trinajstić information content (AvgIpc) is 2.76. The van der Waals surface area contributed by atoms with Crippen LogP contribution in [0.5, 0.6) is 0 Å². The van der Waals surface area contributed by atoms with Gasteiger partial charge in [-0.15, -0.1) is 0 Å². The number of rotatable bonds is 7. The number of hydrogen-bond acceptors (Lipinski definition) is 5. The van der Waals surface area contributed by atoms with E-state index in [0.29, 0.717) is 13.1 Å². The molecule has 1 aliphatic heterocycles. The molecule has 31 heavy (non-hydrogen) atoms. The molecule has 1 aliphatic rings. The van der Waals surface area contributed by atoms with Crippen LogP contribution in [-0.2, 0) is 4.79 Å². The van der Waals surface area contributed by atoms with Crippen molar-refractivity contribution in [3.05, 3.63) is 66.5 Å². The van der Waals surface area contributed by atoms with E-state index in [0.717, 1.165) is 41.4 Å². The lowest BCUT2D eigenvalue weighted by Gasteiger charge is -2.39. The SMILES string of the molecule is CCN(CC)c1ccc(NC(=O)C2CN(c3cc(-c4ccccc4)ncn3)C2)c(C)c1. The molecule has 3 aromatic rings. The van der Waals surface area contributed by atoms with Gasteiger partial charge in [-0.1, -0.05) is 30.3 Å². The molecule has 1 aromatic heterocycles. The van der Waals surface area contributed by atoms with Gasteiger partial charge < -0.3 is 15.1 Å². The second kappa shape index (κ2) is 9.16. The van der Waals surface area contributed by atoms with Crippen LogP contribution in [0.25, 0.3) is 11.3 Å². The average molecular weight is 416 g/mol. The molecule has 1 amide bonds. The van der Waals surface area contributed by atoms with Crippen molar-refractivity contribution in [1.82, 2.24) is 9.97 Å². The minimum Gasteiger partial charge on any atom is -0.372 e. The second-order valence-corrected chi connectivity index (χ2v) is 7.89. The fourth-order valence-electron chi connectivity index (χ4n) is 3.93. The molecule has 160 valence electrons. The molecule has 1 N–H and O–H groups in total. The summed E-state index contributed by atoms with van der Waals surface area (Å²) in [7, 11) is 0. The number of benzene rings is 2. The fraction of sp³-hybridized carbons (Fsp3) is 0.320. The predicted molar refractivity (Wildman–Crippen MR) is 127 cm³/mol. The van der Waals surface area contributed by atoms with E-state index in [1.54, 1.807) is 6.33 Å². The van der Waals surface area contributed by atoms with Crippen molar-refractivity contribution in [2.45, 2.75) is 20.8 Å². The Hall–Kier alpha value is -3.41. The van der Waals surface area contributed by atoms with Gasteiger partial charge in [0.25, 0.3) is 0 Å². The van der Waals surface area contributed by atoms with Crippen molar-refractivity contribution in [3.63, 3.8) is 0 Å². The van der Waals surface area contributed by atoms with E-state index in [1.165, 1.54) is 5.69 Å². The first-order valence-electron chi connectivity index (χ1n) is 10.9. The van der Waals surface area contributed by atoms with Crippen LogP contribution in [-0.4, -0.2) is 42.1 Å². The van der Waals surface area contributed by atoms with Gasteiger partial charge in [0.05, 0.1) is 11.6 Å². The highest BCUT2D eigenvalue weighted by Crippen LogP contribution is 2.28. The van der Waals surface area contributed by atoms with Crippen molar-refractivity contribution in [1.29, 1.82) is 0 Å². The third kappa shape index (κ3) is 4.53. The van der Waals surface area contributed by atoms with E-state index >= 15 is 0 Å². The molecule has 6 nitrogen and oxygen atoms in total. The first kappa shape index (κ1) is 20.8. The zero-order valence-electron chi connectivity index (χ0n) is 18.4. The largest absolute Gasteiger partial charge is 0.372 e. The van der Waals surface area contributed by atoms with Crippen LogP contribution in [0.4, 0.5) is 17.2 Å². The molecule has 0 aliphatic carbocycles. The van der Waals surface area contributed by atoms with Gasteiger partial charge in [-0.3, -0.25) is 4.79 Å². The highest BCUT2D eigenvalue weighted by molar-refractivity contribution is 5.95. The number of hydrogen-bond donors (Lipinski definition) is 1. The first-order chi connectivity index (χ1) is 15.1. The molecule has 0 bridgehead atoms. The molecule has 0 atom stereocenters. The molecule has 0 saturated carbocycles. The minimum absolute atomic E-state index is 0.0444. The normalized spacial score (nSPS) is 13.6. The summed E-state index contributed by atoms with van der Waals surface area (Å²) in [4.78, 5) is 26.0. The molecule has 6 heteroatoms. The Kier molecular flexibility index (Phi) is 6.16. The molecule has 4 rings (SSSR count). The number of carbonyl (C=O) groups excluding carboxylic acids is 1. The summed E-state index contributed by atoms with van der Waals surface area (Å²) in [5, 5.41) is 3.11. The number of amides is 1. The van der Waals surface area contributed by atoms with E-state index < -0.39 is 0 Å². The van der Waals surface area contributed by atoms with Crippen LogP contribution in [0.2, 0.25) is 0 Å². The van der Waals surface area contributed by atoms with Crippen molar-refractivity contribution < 1.29 is 4.79 Å². The number of anilines is 3. The van der Waals surface area contributed by atoms with Gasteiger partial charge in [-0.25, -0.2) is 9.97 Å². The number of aromatic nitrogens is 2. The minimum atomic E-state index is -0.0444. The van der Waals surface area contributed by atoms with Gasteiger partial charge >= 0.3 is 0 Å². The van der Waals surface area contributed by atoms with Crippen LogP contribution >= 0.6 is 0 Å². The maximum Gasteiger partial charge on any atom is 0.231 e. The van der Waals surface area contributed by atoms with Gasteiger partial charge in [0.2, 0.25) is 5.91 Å². The zero-order valence-corrected chi connectivity index (χ0v) is 18.4. The summed E-state index contributed by atoms with van der Waals surface area (Å²) in [6, 6.07) is 18.3. The molecule has 0 spiro atoms. The Balaban J connectivity index is 1.37. The lowest BCUT2D eigenvalue weighted by Crippen LogP contribution is -2.52. The van der Waals surface area contributed by atoms with Gasteiger partial charge in [0, 0.05) is 49.2 Å². The van der Waals surface area contributed by atoms with E-state index in [1.807, 2.05) is 49.4 Å². The van der Waals surface area contributed by atoms with Gasteiger partial charge in [-0.05, 0) is 44.5 Å². The van der Waals surface area contributed by atoms with Gasteiger partial charge in [0.1, 0.15) is 12.1 Å². The Morgan fingerprint density at radius 3 is 2.48 bits per heavy atom.